The van der Waals surface area contributed by atoms with Crippen LogP contribution in [0.2, 0.25) is 0 Å². The number of fused-ring (bicyclic) bond motifs is 1. The van der Waals surface area contributed by atoms with Crippen LogP contribution in [0.4, 0.5) is 5.82 Å². The Balaban J connectivity index is 0.000000259. The molecule has 0 unspecified atom stereocenters. The van der Waals surface area contributed by atoms with Crippen LogP contribution in [0.1, 0.15) is 43.2 Å². The first-order valence-corrected chi connectivity index (χ1v) is 21.5. The van der Waals surface area contributed by atoms with Gasteiger partial charge in [-0.25, -0.2) is 44.3 Å². The van der Waals surface area contributed by atoms with E-state index in [2.05, 4.69) is 40.4 Å². The lowest BCUT2D eigenvalue weighted by atomic mass is 10.1. The van der Waals surface area contributed by atoms with Crippen molar-refractivity contribution >= 4 is 41.4 Å². The number of carboxylic acid groups (broad SMARTS) is 1. The number of carbonyl (C=O) groups is 3. The Kier molecular flexibility index (Phi) is 24.5. The van der Waals surface area contributed by atoms with E-state index in [0.717, 1.165) is 25.8 Å². The zero-order chi connectivity index (χ0) is 56.2. The summed E-state index contributed by atoms with van der Waals surface area (Å²) in [5.74, 6) is 2.56. The van der Waals surface area contributed by atoms with Gasteiger partial charge in [-0.2, -0.15) is 4.68 Å². The molecule has 0 bridgehead atoms. The first-order chi connectivity index (χ1) is 36.6. The largest absolute Gasteiger partial charge is 0.493 e. The number of aliphatic imine (C=N–C) groups is 2. The summed E-state index contributed by atoms with van der Waals surface area (Å²) in [5.41, 5.74) is 19.3. The molecule has 0 atom stereocenters. The Morgan fingerprint density at radius 3 is 1.43 bits per heavy atom. The number of imidazole rings is 2. The highest BCUT2D eigenvalue weighted by Gasteiger charge is 2.16. The molecular formula is C48H53N13O15. The number of nitrogens with zero attached hydrogens (tertiary/aromatic N) is 9. The first-order valence-electron chi connectivity index (χ1n) is 21.5. The summed E-state index contributed by atoms with van der Waals surface area (Å²) in [6, 6.07) is 21.0. The van der Waals surface area contributed by atoms with Gasteiger partial charge in [0.25, 0.3) is 11.8 Å². The molecule has 0 aliphatic heterocycles. The van der Waals surface area contributed by atoms with Crippen LogP contribution in [0.5, 0.6) is 46.0 Å². The van der Waals surface area contributed by atoms with Crippen molar-refractivity contribution in [2.45, 2.75) is 26.1 Å². The van der Waals surface area contributed by atoms with Crippen molar-refractivity contribution in [1.82, 2.24) is 34.3 Å². The molecule has 0 saturated carbocycles. The predicted octanol–water partition coefficient (Wildman–Crippen LogP) is 4.03. The summed E-state index contributed by atoms with van der Waals surface area (Å²) in [7, 11) is 12.4. The van der Waals surface area contributed by atoms with Crippen LogP contribution >= 0.6 is 0 Å². The Morgan fingerprint density at radius 2 is 1.05 bits per heavy atom. The van der Waals surface area contributed by atoms with Crippen molar-refractivity contribution in [2.75, 3.05) is 56.9 Å². The molecule has 0 aliphatic carbocycles. The average Bonchev–Trinajstić information content (AvgIpc) is 4.12. The second-order valence-electron chi connectivity index (χ2n) is 14.4. The molecule has 0 spiro atoms. The van der Waals surface area contributed by atoms with E-state index >= 15 is 0 Å². The SMILES string of the molecule is COc1ccc(CC(=O)O)cc1OC.COc1ccc(CN=C=O)cc1OC.COc1ccc(CN=C=O)cc1OC.COc1ccc(Cn2nnc3c(C(N)=O)ncn3c2=O)cc1OC.N=Nc1nc[nH]c1C(N)=O. The van der Waals surface area contributed by atoms with Gasteiger partial charge in [0.2, 0.25) is 18.0 Å². The number of carboxylic acids is 1. The molecule has 3 heterocycles. The number of aromatic nitrogens is 7. The third-order valence-electron chi connectivity index (χ3n) is 9.75. The number of hydrogen-bond acceptors (Lipinski definition) is 22. The maximum Gasteiger partial charge on any atom is 0.353 e. The summed E-state index contributed by atoms with van der Waals surface area (Å²) in [6.45, 7) is 0.778. The highest BCUT2D eigenvalue weighted by Crippen LogP contribution is 2.30. The smallest absolute Gasteiger partial charge is 0.353 e. The van der Waals surface area contributed by atoms with Crippen molar-refractivity contribution in [3.8, 4) is 46.0 Å². The summed E-state index contributed by atoms with van der Waals surface area (Å²) in [6.07, 6.45) is 5.41. The number of benzene rings is 4. The molecule has 0 aliphatic rings. The summed E-state index contributed by atoms with van der Waals surface area (Å²) < 4.78 is 43.0. The van der Waals surface area contributed by atoms with Gasteiger partial charge >= 0.3 is 11.7 Å². The maximum atomic E-state index is 12.4. The van der Waals surface area contributed by atoms with Crippen LogP contribution in [0.15, 0.2) is 105 Å². The van der Waals surface area contributed by atoms with Crippen LogP contribution in [-0.2, 0) is 40.4 Å². The second-order valence-corrected chi connectivity index (χ2v) is 14.4. The van der Waals surface area contributed by atoms with Gasteiger partial charge in [0, 0.05) is 0 Å². The molecule has 400 valence electrons. The molecular weight excluding hydrogens is 999 g/mol. The first kappa shape index (κ1) is 59.8. The van der Waals surface area contributed by atoms with E-state index in [4.69, 9.17) is 60.0 Å². The zero-order valence-corrected chi connectivity index (χ0v) is 42.3. The number of nitrogens with two attached hydrogens (primary N) is 2. The van der Waals surface area contributed by atoms with Crippen LogP contribution in [0.25, 0.3) is 5.65 Å². The number of isocyanates is 2. The molecule has 0 fully saturated rings. The van der Waals surface area contributed by atoms with E-state index in [1.807, 2.05) is 12.1 Å². The molecule has 0 saturated heterocycles. The van der Waals surface area contributed by atoms with Gasteiger partial charge in [-0.3, -0.25) is 14.4 Å². The summed E-state index contributed by atoms with van der Waals surface area (Å²) >= 11 is 0. The Morgan fingerprint density at radius 1 is 0.632 bits per heavy atom. The lowest BCUT2D eigenvalue weighted by molar-refractivity contribution is -0.136. The Bertz CT molecular complexity index is 3090. The topological polar surface area (TPSA) is 386 Å². The van der Waals surface area contributed by atoms with E-state index in [-0.39, 0.29) is 35.8 Å². The van der Waals surface area contributed by atoms with Crippen molar-refractivity contribution in [1.29, 1.82) is 5.53 Å². The number of methoxy groups -OCH3 is 8. The number of primary amides is 2. The van der Waals surface area contributed by atoms with Crippen LogP contribution in [-0.4, -0.2) is 126 Å². The minimum Gasteiger partial charge on any atom is -0.493 e. The minimum atomic E-state index is -0.864. The van der Waals surface area contributed by atoms with Crippen LogP contribution in [0, 0.1) is 5.53 Å². The number of aliphatic carboxylic acids is 1. The fourth-order valence-electron chi connectivity index (χ4n) is 6.18. The highest BCUT2D eigenvalue weighted by molar-refractivity contribution is 5.96. The van der Waals surface area contributed by atoms with Gasteiger partial charge in [0.1, 0.15) is 6.33 Å². The highest BCUT2D eigenvalue weighted by atomic mass is 16.5. The molecule has 7 aromatic rings. The van der Waals surface area contributed by atoms with Gasteiger partial charge in [-0.15, -0.1) is 10.2 Å². The maximum absolute atomic E-state index is 12.4. The molecule has 7 N–H and O–H groups in total. The monoisotopic (exact) mass is 1050 g/mol. The van der Waals surface area contributed by atoms with Crippen molar-refractivity contribution in [2.24, 2.45) is 26.6 Å². The third-order valence-corrected chi connectivity index (χ3v) is 9.75. The standard InChI is InChI=1S/C14H14N6O4.2C10H11NO3.C10H12O4.C4H5N5O/c1-23-9-4-3-8(5-10(9)24-2)6-20-14(22)19-7-16-11(12(15)21)13(19)17-18-20;2*1-13-9-4-3-8(6-11-7-12)5-10(9)14-2;1-13-8-4-3-7(6-10(11)12)5-9(8)14-2;5-3(10)2-4(9-6)8-1-7-2/h3-5,7H,6H2,1-2H3,(H2,15,21);2*3-5H,6H2,1-2H3;3-5H,6H2,1-2H3,(H,11,12);1,6H,(H2,5,10)(H,7,8). The second kappa shape index (κ2) is 31.1. The number of amides is 2. The number of aromatic amines is 1. The fourth-order valence-corrected chi connectivity index (χ4v) is 6.18. The molecule has 2 amide bonds. The summed E-state index contributed by atoms with van der Waals surface area (Å²) in [5, 5.41) is 19.2. The zero-order valence-electron chi connectivity index (χ0n) is 42.3. The molecule has 76 heavy (non-hydrogen) atoms. The number of carbonyl (C=O) groups excluding carboxylic acids is 4. The molecule has 3 aromatic heterocycles. The number of nitrogens with one attached hydrogen (secondary N) is 2. The van der Waals surface area contributed by atoms with E-state index in [0.29, 0.717) is 64.6 Å². The quantitative estimate of drug-likeness (QED) is 0.0433. The van der Waals surface area contributed by atoms with Gasteiger partial charge in [0.05, 0.1) is 89.3 Å². The van der Waals surface area contributed by atoms with Crippen molar-refractivity contribution in [3.63, 3.8) is 0 Å². The molecule has 4 aromatic carbocycles. The Hall–Kier alpha value is -10.5. The van der Waals surface area contributed by atoms with Gasteiger partial charge in [-0.05, 0) is 70.8 Å². The lowest BCUT2D eigenvalue weighted by Gasteiger charge is -2.10. The van der Waals surface area contributed by atoms with Crippen LogP contribution < -0.4 is 55.1 Å². The fraction of sp³-hybridized carbons (Fsp3) is 0.250. The lowest BCUT2D eigenvalue weighted by Crippen LogP contribution is -2.30. The molecule has 0 radical (unpaired) electrons. The number of hydrogen-bond donors (Lipinski definition) is 5. The average molecular weight is 1050 g/mol. The number of ether oxygens (including phenoxy) is 8. The predicted molar refractivity (Wildman–Crippen MR) is 268 cm³/mol. The Labute approximate surface area is 432 Å². The number of H-pyrrole nitrogens is 1. The third kappa shape index (κ3) is 17.4. The van der Waals surface area contributed by atoms with E-state index in [1.54, 1.807) is 89.1 Å². The molecule has 28 nitrogen and oxygen atoms in total. The van der Waals surface area contributed by atoms with Gasteiger partial charge < -0.3 is 59.5 Å². The van der Waals surface area contributed by atoms with Gasteiger partial charge in [-0.1, -0.05) is 29.5 Å². The van der Waals surface area contributed by atoms with Crippen molar-refractivity contribution < 1.29 is 67.0 Å². The molecule has 28 heteroatoms. The normalized spacial score (nSPS) is 9.68. The van der Waals surface area contributed by atoms with E-state index in [1.165, 1.54) is 53.3 Å². The van der Waals surface area contributed by atoms with Crippen LogP contribution in [0.3, 0.4) is 0 Å². The minimum absolute atomic E-state index is 0.0135. The number of rotatable bonds is 19. The molecule has 7 rings (SSSR count). The van der Waals surface area contributed by atoms with E-state index < -0.39 is 23.5 Å². The van der Waals surface area contributed by atoms with Crippen molar-refractivity contribution in [3.05, 3.63) is 130 Å². The summed E-state index contributed by atoms with van der Waals surface area (Å²) in [4.78, 5) is 81.1. The van der Waals surface area contributed by atoms with Gasteiger partial charge in [0.15, 0.2) is 63.0 Å². The van der Waals surface area contributed by atoms with E-state index in [9.17, 15) is 28.8 Å².